The van der Waals surface area contributed by atoms with Gasteiger partial charge in [-0.05, 0) is 42.8 Å². The molecule has 2 N–H and O–H groups in total. The Labute approximate surface area is 179 Å². The van der Waals surface area contributed by atoms with Crippen LogP contribution in [0.1, 0.15) is 23.6 Å². The fraction of sp³-hybridized carbons (Fsp3) is 0.200. The van der Waals surface area contributed by atoms with Crippen LogP contribution in [0.4, 0.5) is 23.7 Å². The Kier molecular flexibility index (Phi) is 5.65. The zero-order chi connectivity index (χ0) is 23.0. The van der Waals surface area contributed by atoms with Crippen LogP contribution in [0.25, 0.3) is 0 Å². The predicted molar refractivity (Wildman–Crippen MR) is 104 cm³/mol. The molecule has 0 saturated carbocycles. The van der Waals surface area contributed by atoms with Crippen molar-refractivity contribution in [1.29, 1.82) is 5.26 Å². The van der Waals surface area contributed by atoms with Crippen LogP contribution in [0.2, 0.25) is 5.02 Å². The van der Waals surface area contributed by atoms with E-state index in [1.807, 2.05) is 6.07 Å². The van der Waals surface area contributed by atoms with Gasteiger partial charge in [-0.1, -0.05) is 23.7 Å². The van der Waals surface area contributed by atoms with E-state index in [4.69, 9.17) is 16.9 Å². The lowest BCUT2D eigenvalue weighted by Gasteiger charge is -2.22. The number of urea groups is 1. The molecule has 1 atom stereocenters. The molecule has 2 aromatic carbocycles. The second-order valence-corrected chi connectivity index (χ2v) is 7.31. The first-order chi connectivity index (χ1) is 14.5. The van der Waals surface area contributed by atoms with E-state index in [9.17, 15) is 27.6 Å². The van der Waals surface area contributed by atoms with Crippen molar-refractivity contribution in [2.24, 2.45) is 0 Å². The van der Waals surface area contributed by atoms with Crippen molar-refractivity contribution in [2.75, 3.05) is 11.9 Å². The standard InChI is InChI=1S/C20H14ClF3N4O3/c1-19(12-4-2-11(9-25)3-5-12)17(30)28(18(31)27-19)10-16(29)26-15-7-6-13(21)8-14(15)20(22,23)24/h2-8H,10H2,1H3,(H,26,29)(H,27,31). The fourth-order valence-corrected chi connectivity index (χ4v) is 3.28. The second-order valence-electron chi connectivity index (χ2n) is 6.87. The number of hydrogen-bond donors (Lipinski definition) is 2. The van der Waals surface area contributed by atoms with E-state index in [2.05, 4.69) is 10.6 Å². The van der Waals surface area contributed by atoms with Crippen LogP contribution in [0.5, 0.6) is 0 Å². The largest absolute Gasteiger partial charge is 0.418 e. The van der Waals surface area contributed by atoms with Gasteiger partial charge in [0.15, 0.2) is 0 Å². The van der Waals surface area contributed by atoms with Gasteiger partial charge in [-0.2, -0.15) is 18.4 Å². The molecule has 2 aromatic rings. The smallest absolute Gasteiger partial charge is 0.324 e. The highest BCUT2D eigenvalue weighted by Crippen LogP contribution is 2.36. The number of nitrogens with zero attached hydrogens (tertiary/aromatic N) is 2. The first-order valence-electron chi connectivity index (χ1n) is 8.77. The lowest BCUT2D eigenvalue weighted by molar-refractivity contribution is -0.137. The predicted octanol–water partition coefficient (Wildman–Crippen LogP) is 3.64. The topological polar surface area (TPSA) is 102 Å². The molecule has 1 saturated heterocycles. The summed E-state index contributed by atoms with van der Waals surface area (Å²) in [6, 6.07) is 9.78. The Morgan fingerprint density at radius 1 is 1.23 bits per heavy atom. The third-order valence-electron chi connectivity index (χ3n) is 4.73. The lowest BCUT2D eigenvalue weighted by atomic mass is 9.91. The highest BCUT2D eigenvalue weighted by molar-refractivity contribution is 6.30. The molecule has 11 heteroatoms. The number of amides is 4. The Morgan fingerprint density at radius 2 is 1.87 bits per heavy atom. The van der Waals surface area contributed by atoms with Gasteiger partial charge in [0.25, 0.3) is 5.91 Å². The van der Waals surface area contributed by atoms with Gasteiger partial charge >= 0.3 is 12.2 Å². The zero-order valence-corrected chi connectivity index (χ0v) is 16.6. The molecular formula is C20H14ClF3N4O3. The van der Waals surface area contributed by atoms with Gasteiger partial charge in [-0.15, -0.1) is 0 Å². The Balaban J connectivity index is 1.79. The molecule has 0 aromatic heterocycles. The summed E-state index contributed by atoms with van der Waals surface area (Å²) >= 11 is 5.61. The number of carbonyl (C=O) groups excluding carboxylic acids is 3. The van der Waals surface area contributed by atoms with Crippen LogP contribution < -0.4 is 10.6 Å². The summed E-state index contributed by atoms with van der Waals surface area (Å²) in [5.41, 5.74) is -2.48. The van der Waals surface area contributed by atoms with Crippen molar-refractivity contribution in [1.82, 2.24) is 10.2 Å². The molecule has 160 valence electrons. The molecule has 3 rings (SSSR count). The molecule has 1 aliphatic heterocycles. The number of imide groups is 1. The van der Waals surface area contributed by atoms with Crippen LogP contribution in [0.15, 0.2) is 42.5 Å². The van der Waals surface area contributed by atoms with E-state index in [0.717, 1.165) is 6.07 Å². The minimum Gasteiger partial charge on any atom is -0.324 e. The number of anilines is 1. The Bertz CT molecular complexity index is 1110. The third-order valence-corrected chi connectivity index (χ3v) is 4.96. The minimum absolute atomic E-state index is 0.169. The third kappa shape index (κ3) is 4.32. The maximum Gasteiger partial charge on any atom is 0.418 e. The molecule has 0 aliphatic carbocycles. The molecule has 1 aliphatic rings. The first kappa shape index (κ1) is 22.1. The van der Waals surface area contributed by atoms with Gasteiger partial charge in [-0.25, -0.2) is 4.79 Å². The van der Waals surface area contributed by atoms with E-state index in [0.29, 0.717) is 22.1 Å². The maximum absolute atomic E-state index is 13.2. The first-order valence-corrected chi connectivity index (χ1v) is 9.15. The van der Waals surface area contributed by atoms with Crippen molar-refractivity contribution in [2.45, 2.75) is 18.6 Å². The van der Waals surface area contributed by atoms with E-state index < -0.39 is 47.4 Å². The van der Waals surface area contributed by atoms with Crippen molar-refractivity contribution in [3.05, 3.63) is 64.2 Å². The summed E-state index contributed by atoms with van der Waals surface area (Å²) < 4.78 is 39.6. The summed E-state index contributed by atoms with van der Waals surface area (Å²) in [6.45, 7) is 0.629. The van der Waals surface area contributed by atoms with Gasteiger partial charge in [0, 0.05) is 5.02 Å². The zero-order valence-electron chi connectivity index (χ0n) is 15.9. The summed E-state index contributed by atoms with van der Waals surface area (Å²) in [4.78, 5) is 38.1. The van der Waals surface area contributed by atoms with E-state index in [1.165, 1.54) is 37.3 Å². The maximum atomic E-state index is 13.2. The highest BCUT2D eigenvalue weighted by atomic mass is 35.5. The number of rotatable bonds is 4. The van der Waals surface area contributed by atoms with E-state index >= 15 is 0 Å². The number of hydrogen-bond acceptors (Lipinski definition) is 4. The van der Waals surface area contributed by atoms with Crippen LogP contribution in [-0.4, -0.2) is 29.3 Å². The number of carbonyl (C=O) groups is 3. The van der Waals surface area contributed by atoms with Gasteiger partial charge in [0.2, 0.25) is 5.91 Å². The Hall–Kier alpha value is -3.58. The number of halogens is 4. The number of benzene rings is 2. The van der Waals surface area contributed by atoms with Crippen LogP contribution >= 0.6 is 11.6 Å². The molecule has 1 unspecified atom stereocenters. The molecule has 31 heavy (non-hydrogen) atoms. The lowest BCUT2D eigenvalue weighted by Crippen LogP contribution is -2.42. The summed E-state index contributed by atoms with van der Waals surface area (Å²) in [6.07, 6.45) is -4.78. The highest BCUT2D eigenvalue weighted by Gasteiger charge is 2.49. The fourth-order valence-electron chi connectivity index (χ4n) is 3.11. The number of nitriles is 1. The van der Waals surface area contributed by atoms with Gasteiger partial charge in [0.05, 0.1) is 22.9 Å². The Morgan fingerprint density at radius 3 is 2.45 bits per heavy atom. The molecular weight excluding hydrogens is 437 g/mol. The van der Waals surface area contributed by atoms with Crippen LogP contribution in [-0.2, 0) is 21.3 Å². The summed E-state index contributed by atoms with van der Waals surface area (Å²) in [5, 5.41) is 13.3. The van der Waals surface area contributed by atoms with Crippen molar-refractivity contribution < 1.29 is 27.6 Å². The normalized spacial score (nSPS) is 18.5. The van der Waals surface area contributed by atoms with E-state index in [1.54, 1.807) is 0 Å². The van der Waals surface area contributed by atoms with Crippen LogP contribution in [0, 0.1) is 11.3 Å². The van der Waals surface area contributed by atoms with Gasteiger partial charge in [0.1, 0.15) is 12.1 Å². The van der Waals surface area contributed by atoms with E-state index in [-0.39, 0.29) is 5.02 Å². The van der Waals surface area contributed by atoms with Crippen LogP contribution in [0.3, 0.4) is 0 Å². The number of nitrogens with one attached hydrogen (secondary N) is 2. The molecule has 0 spiro atoms. The summed E-state index contributed by atoms with van der Waals surface area (Å²) in [5.74, 6) is -1.76. The molecule has 0 bridgehead atoms. The molecule has 1 heterocycles. The molecule has 4 amide bonds. The monoisotopic (exact) mass is 450 g/mol. The summed E-state index contributed by atoms with van der Waals surface area (Å²) in [7, 11) is 0. The van der Waals surface area contributed by atoms with Gasteiger partial charge in [-0.3, -0.25) is 14.5 Å². The van der Waals surface area contributed by atoms with Crippen molar-refractivity contribution in [3.63, 3.8) is 0 Å². The second kappa shape index (κ2) is 7.92. The minimum atomic E-state index is -4.78. The molecule has 1 fully saturated rings. The van der Waals surface area contributed by atoms with Gasteiger partial charge < -0.3 is 10.6 Å². The molecule has 0 radical (unpaired) electrons. The van der Waals surface area contributed by atoms with Crippen molar-refractivity contribution >= 4 is 35.1 Å². The quantitative estimate of drug-likeness (QED) is 0.694. The number of alkyl halides is 3. The SMILES string of the molecule is CC1(c2ccc(C#N)cc2)NC(=O)N(CC(=O)Nc2ccc(Cl)cc2C(F)(F)F)C1=O. The average molecular weight is 451 g/mol. The molecule has 7 nitrogen and oxygen atoms in total. The van der Waals surface area contributed by atoms with Crippen molar-refractivity contribution in [3.8, 4) is 6.07 Å². The average Bonchev–Trinajstić information content (AvgIpc) is 2.92.